The first-order valence-electron chi connectivity index (χ1n) is 8.48. The van der Waals surface area contributed by atoms with Crippen molar-refractivity contribution in [3.8, 4) is 0 Å². The summed E-state index contributed by atoms with van der Waals surface area (Å²) >= 11 is 6.19. The van der Waals surface area contributed by atoms with Crippen molar-refractivity contribution in [3.63, 3.8) is 0 Å². The number of hydrogen-bond donors (Lipinski definition) is 1. The predicted octanol–water partition coefficient (Wildman–Crippen LogP) is 4.40. The Morgan fingerprint density at radius 2 is 1.67 bits per heavy atom. The van der Waals surface area contributed by atoms with Gasteiger partial charge in [-0.2, -0.15) is 0 Å². The molecule has 0 aliphatic rings. The van der Waals surface area contributed by atoms with E-state index in [1.54, 1.807) is 36.4 Å². The number of aromatic nitrogens is 2. The van der Waals surface area contributed by atoms with Crippen LogP contribution in [0.25, 0.3) is 11.0 Å². The molecule has 0 bridgehead atoms. The third-order valence-electron chi connectivity index (χ3n) is 4.38. The van der Waals surface area contributed by atoms with Gasteiger partial charge in [-0.25, -0.2) is 4.98 Å². The molecule has 0 radical (unpaired) electrons. The van der Waals surface area contributed by atoms with Gasteiger partial charge in [0.25, 0.3) is 5.56 Å². The summed E-state index contributed by atoms with van der Waals surface area (Å²) in [6, 6.07) is 21.5. The number of carbonyl (C=O) groups excluding carboxylic acids is 1. The van der Waals surface area contributed by atoms with E-state index in [1.165, 1.54) is 0 Å². The molecule has 4 rings (SSSR count). The highest BCUT2D eigenvalue weighted by atomic mass is 35.5. The summed E-state index contributed by atoms with van der Waals surface area (Å²) in [5, 5.41) is 0.590. The van der Waals surface area contributed by atoms with E-state index in [9.17, 15) is 9.59 Å². The zero-order chi connectivity index (χ0) is 18.8. The largest absolute Gasteiger partial charge is 0.319 e. The van der Waals surface area contributed by atoms with Gasteiger partial charge in [0.05, 0.1) is 11.0 Å². The molecular formula is C22H15ClN2O2. The second-order valence-electron chi connectivity index (χ2n) is 6.21. The van der Waals surface area contributed by atoms with Gasteiger partial charge in [0.1, 0.15) is 5.69 Å². The van der Waals surface area contributed by atoms with Crippen molar-refractivity contribution >= 4 is 28.4 Å². The smallest absolute Gasteiger partial charge is 0.270 e. The monoisotopic (exact) mass is 374 g/mol. The van der Waals surface area contributed by atoms with Crippen molar-refractivity contribution < 1.29 is 4.79 Å². The second kappa shape index (κ2) is 7.17. The average molecular weight is 375 g/mol. The Balaban J connectivity index is 1.75. The van der Waals surface area contributed by atoms with Crippen molar-refractivity contribution in [3.05, 3.63) is 111 Å². The first-order valence-corrected chi connectivity index (χ1v) is 8.86. The van der Waals surface area contributed by atoms with E-state index >= 15 is 0 Å². The lowest BCUT2D eigenvalue weighted by molar-refractivity contribution is 0.103. The number of nitrogens with zero attached hydrogens (tertiary/aromatic N) is 1. The van der Waals surface area contributed by atoms with E-state index < -0.39 is 0 Å². The molecular weight excluding hydrogens is 360 g/mol. The number of benzene rings is 3. The standard InChI is InChI=1S/C22H15ClN2O2/c23-17-9-5-4-8-15(17)12-20-22(27)25-18-11-10-16(13-19(18)24-20)21(26)14-6-2-1-3-7-14/h1-11,13H,12H2,(H,25,27). The Kier molecular flexibility index (Phi) is 4.57. The second-order valence-corrected chi connectivity index (χ2v) is 6.62. The zero-order valence-electron chi connectivity index (χ0n) is 14.3. The summed E-state index contributed by atoms with van der Waals surface area (Å²) in [4.78, 5) is 32.3. The molecule has 0 spiro atoms. The Bertz CT molecular complexity index is 1200. The van der Waals surface area contributed by atoms with Crippen LogP contribution in [0.4, 0.5) is 0 Å². The van der Waals surface area contributed by atoms with E-state index in [0.29, 0.717) is 39.3 Å². The topological polar surface area (TPSA) is 62.8 Å². The summed E-state index contributed by atoms with van der Waals surface area (Å²) in [5.74, 6) is -0.0850. The molecule has 5 heteroatoms. The average Bonchev–Trinajstić information content (AvgIpc) is 2.70. The molecule has 0 fully saturated rings. The van der Waals surface area contributed by atoms with Crippen LogP contribution in [0.1, 0.15) is 27.2 Å². The van der Waals surface area contributed by atoms with E-state index in [0.717, 1.165) is 5.56 Å². The number of carbonyl (C=O) groups is 1. The molecule has 0 amide bonds. The van der Waals surface area contributed by atoms with Crippen LogP contribution in [0, 0.1) is 0 Å². The lowest BCUT2D eigenvalue weighted by atomic mass is 10.0. The van der Waals surface area contributed by atoms with Crippen LogP contribution in [0.15, 0.2) is 77.6 Å². The number of ketones is 1. The van der Waals surface area contributed by atoms with Gasteiger partial charge in [-0.1, -0.05) is 60.1 Å². The Hall–Kier alpha value is -3.24. The number of hydrogen-bond acceptors (Lipinski definition) is 3. The number of H-pyrrole nitrogens is 1. The van der Waals surface area contributed by atoms with Crippen molar-refractivity contribution in [1.82, 2.24) is 9.97 Å². The van der Waals surface area contributed by atoms with Crippen LogP contribution in [0.3, 0.4) is 0 Å². The fourth-order valence-electron chi connectivity index (χ4n) is 2.96. The lowest BCUT2D eigenvalue weighted by Crippen LogP contribution is -2.16. The third kappa shape index (κ3) is 3.52. The lowest BCUT2D eigenvalue weighted by Gasteiger charge is -2.06. The molecule has 0 aliphatic heterocycles. The molecule has 1 N–H and O–H groups in total. The first kappa shape index (κ1) is 17.2. The molecule has 27 heavy (non-hydrogen) atoms. The Morgan fingerprint density at radius 1 is 0.926 bits per heavy atom. The van der Waals surface area contributed by atoms with Crippen molar-refractivity contribution in [1.29, 1.82) is 0 Å². The Morgan fingerprint density at radius 3 is 2.44 bits per heavy atom. The van der Waals surface area contributed by atoms with Gasteiger partial charge in [-0.15, -0.1) is 0 Å². The predicted molar refractivity (Wildman–Crippen MR) is 106 cm³/mol. The van der Waals surface area contributed by atoms with Gasteiger partial charge in [0.2, 0.25) is 0 Å². The van der Waals surface area contributed by atoms with E-state index in [1.807, 2.05) is 36.4 Å². The number of fused-ring (bicyclic) bond motifs is 1. The van der Waals surface area contributed by atoms with Crippen LogP contribution in [-0.2, 0) is 6.42 Å². The molecule has 4 aromatic rings. The summed E-state index contributed by atoms with van der Waals surface area (Å²) in [5.41, 5.74) is 3.22. The first-order chi connectivity index (χ1) is 13.1. The molecule has 0 saturated carbocycles. The minimum Gasteiger partial charge on any atom is -0.319 e. The highest BCUT2D eigenvalue weighted by Gasteiger charge is 2.12. The third-order valence-corrected chi connectivity index (χ3v) is 4.75. The maximum atomic E-state index is 12.7. The summed E-state index contributed by atoms with van der Waals surface area (Å²) in [7, 11) is 0. The maximum absolute atomic E-state index is 12.7. The number of rotatable bonds is 4. The number of nitrogens with one attached hydrogen (secondary N) is 1. The fraction of sp³-hybridized carbons (Fsp3) is 0.0455. The molecule has 0 saturated heterocycles. The van der Waals surface area contributed by atoms with E-state index in [-0.39, 0.29) is 11.3 Å². The number of aromatic amines is 1. The van der Waals surface area contributed by atoms with Crippen molar-refractivity contribution in [2.75, 3.05) is 0 Å². The van der Waals surface area contributed by atoms with Crippen LogP contribution in [0.2, 0.25) is 5.02 Å². The molecule has 1 aromatic heterocycles. The molecule has 3 aromatic carbocycles. The fourth-order valence-corrected chi connectivity index (χ4v) is 3.16. The van der Waals surface area contributed by atoms with Crippen molar-refractivity contribution in [2.24, 2.45) is 0 Å². The molecule has 4 nitrogen and oxygen atoms in total. The molecule has 0 atom stereocenters. The van der Waals surface area contributed by atoms with E-state index in [2.05, 4.69) is 9.97 Å². The van der Waals surface area contributed by atoms with E-state index in [4.69, 9.17) is 11.6 Å². The molecule has 132 valence electrons. The maximum Gasteiger partial charge on any atom is 0.270 e. The van der Waals surface area contributed by atoms with Crippen LogP contribution < -0.4 is 5.56 Å². The summed E-state index contributed by atoms with van der Waals surface area (Å²) < 4.78 is 0. The highest BCUT2D eigenvalue weighted by Crippen LogP contribution is 2.19. The highest BCUT2D eigenvalue weighted by molar-refractivity contribution is 6.31. The minimum absolute atomic E-state index is 0.0850. The van der Waals surface area contributed by atoms with Gasteiger partial charge in [0.15, 0.2) is 5.78 Å². The summed E-state index contributed by atoms with van der Waals surface area (Å²) in [6.45, 7) is 0. The van der Waals surface area contributed by atoms with Crippen LogP contribution in [0.5, 0.6) is 0 Å². The van der Waals surface area contributed by atoms with Crippen molar-refractivity contribution in [2.45, 2.75) is 6.42 Å². The van der Waals surface area contributed by atoms with Gasteiger partial charge >= 0.3 is 0 Å². The molecule has 0 unspecified atom stereocenters. The Labute approximate surface area is 160 Å². The van der Waals surface area contributed by atoms with Gasteiger partial charge < -0.3 is 4.98 Å². The summed E-state index contributed by atoms with van der Waals surface area (Å²) in [6.07, 6.45) is 0.321. The number of halogens is 1. The van der Waals surface area contributed by atoms with Crippen LogP contribution >= 0.6 is 11.6 Å². The SMILES string of the molecule is O=C(c1ccccc1)c1ccc2[nH]c(=O)c(Cc3ccccc3Cl)nc2c1. The zero-order valence-corrected chi connectivity index (χ0v) is 15.0. The quantitative estimate of drug-likeness (QED) is 0.538. The van der Waals surface area contributed by atoms with Gasteiger partial charge in [-0.05, 0) is 29.8 Å². The van der Waals surface area contributed by atoms with Crippen LogP contribution in [-0.4, -0.2) is 15.8 Å². The minimum atomic E-state index is -0.260. The normalized spacial score (nSPS) is 10.9. The molecule has 1 heterocycles. The van der Waals surface area contributed by atoms with Gasteiger partial charge in [0, 0.05) is 22.6 Å². The van der Waals surface area contributed by atoms with Gasteiger partial charge in [-0.3, -0.25) is 9.59 Å². The molecule has 0 aliphatic carbocycles.